The fourth-order valence-electron chi connectivity index (χ4n) is 7.72. The summed E-state index contributed by atoms with van der Waals surface area (Å²) in [6.45, 7) is 6.67. The van der Waals surface area contributed by atoms with Gasteiger partial charge in [-0.05, 0) is 40.4 Å². The van der Waals surface area contributed by atoms with E-state index in [1.807, 2.05) is 55.4 Å². The molecule has 0 radical (unpaired) electrons. The van der Waals surface area contributed by atoms with Gasteiger partial charge in [0, 0.05) is 24.6 Å². The molecular weight excluding hydrogens is 857 g/mol. The molecule has 3 aromatic rings. The predicted octanol–water partition coefficient (Wildman–Crippen LogP) is 5.24. The summed E-state index contributed by atoms with van der Waals surface area (Å²) in [5, 5.41) is 0. The third kappa shape index (κ3) is 9.63. The number of ether oxygens (including phenoxy) is 2. The van der Waals surface area contributed by atoms with Crippen molar-refractivity contribution in [1.82, 2.24) is 29.5 Å². The van der Waals surface area contributed by atoms with E-state index in [0.29, 0.717) is 12.3 Å². The molecule has 3 aliphatic rings. The molecule has 6 rings (SSSR count). The second-order valence-corrected chi connectivity index (χ2v) is 30.2. The summed E-state index contributed by atoms with van der Waals surface area (Å²) in [5.41, 5.74) is 4.48. The lowest BCUT2D eigenvalue weighted by Gasteiger charge is -2.47. The van der Waals surface area contributed by atoms with Crippen LogP contribution in [0.4, 0.5) is 5.95 Å². The average Bonchev–Trinajstić information content (AvgIpc) is 3.80. The van der Waals surface area contributed by atoms with E-state index in [0.717, 1.165) is 0 Å². The summed E-state index contributed by atoms with van der Waals surface area (Å²) in [6, 6.07) is 1.61. The smallest absolute Gasteiger partial charge is 0.386 e. The van der Waals surface area contributed by atoms with Crippen molar-refractivity contribution in [2.24, 2.45) is 5.92 Å². The lowest BCUT2D eigenvalue weighted by molar-refractivity contribution is -0.0499. The Morgan fingerprint density at radius 2 is 1.74 bits per heavy atom. The maximum absolute atomic E-state index is 14.1. The number of nitrogens with one attached hydrogen (secondary N) is 1. The van der Waals surface area contributed by atoms with E-state index in [2.05, 4.69) is 37.2 Å². The topological polar surface area (TPSA) is 247 Å². The van der Waals surface area contributed by atoms with Gasteiger partial charge >= 0.3 is 30.6 Å². The summed E-state index contributed by atoms with van der Waals surface area (Å²) in [7, 11) is -7.06. The van der Waals surface area contributed by atoms with Crippen molar-refractivity contribution in [2.45, 2.75) is 127 Å². The molecule has 3 fully saturated rings. The van der Waals surface area contributed by atoms with Crippen molar-refractivity contribution < 1.29 is 50.4 Å². The SMILES string of the molecule is CC(C)[Si](O)(O[Si](O[C@H]1[C@H]2OP(O)(=S)OC[C@H]3C[C@@H](Oc4ccncn4)C[C@@H]3OP(=O)(S)OC[C@H]1O[C@H]2n1cnc2c(=O)[nH]c(N)nc21)(C(C)C)C(C)C)C(C)C. The van der Waals surface area contributed by atoms with Crippen molar-refractivity contribution in [3.8, 4) is 5.88 Å². The van der Waals surface area contributed by atoms with Crippen LogP contribution in [0.25, 0.3) is 11.2 Å². The molecule has 3 aromatic heterocycles. The highest BCUT2D eigenvalue weighted by molar-refractivity contribution is 8.44. The second-order valence-electron chi connectivity index (χ2n) is 15.9. The molecule has 2 saturated heterocycles. The number of hydrogen-bond donors (Lipinski definition) is 5. The van der Waals surface area contributed by atoms with Crippen LogP contribution in [0.15, 0.2) is 29.7 Å². The molecule has 2 aliphatic heterocycles. The second kappa shape index (κ2) is 17.4. The van der Waals surface area contributed by atoms with Crippen LogP contribution < -0.4 is 16.0 Å². The molecule has 1 aliphatic carbocycles. The third-order valence-corrected chi connectivity index (χ3v) is 23.7. The van der Waals surface area contributed by atoms with E-state index < -0.39 is 85.5 Å². The van der Waals surface area contributed by atoms with Crippen molar-refractivity contribution >= 4 is 71.8 Å². The number of aromatic nitrogens is 6. The Hall–Kier alpha value is -1.67. The minimum atomic E-state index is -4.19. The van der Waals surface area contributed by atoms with E-state index in [9.17, 15) is 19.0 Å². The van der Waals surface area contributed by atoms with Crippen LogP contribution >= 0.6 is 25.8 Å². The van der Waals surface area contributed by atoms with Crippen LogP contribution in [-0.2, 0) is 47.7 Å². The number of nitrogens with two attached hydrogens (primary N) is 1. The van der Waals surface area contributed by atoms with Crippen LogP contribution in [0.3, 0.4) is 0 Å². The molecular formula is C32H53N7O12P2S2Si2. The monoisotopic (exact) mass is 909 g/mol. The van der Waals surface area contributed by atoms with Crippen molar-refractivity contribution in [3.05, 3.63) is 35.3 Å². The van der Waals surface area contributed by atoms with E-state index >= 15 is 0 Å². The van der Waals surface area contributed by atoms with Crippen molar-refractivity contribution in [2.75, 3.05) is 18.9 Å². The van der Waals surface area contributed by atoms with Gasteiger partial charge in [0.2, 0.25) is 11.8 Å². The maximum Gasteiger partial charge on any atom is 0.386 e. The van der Waals surface area contributed by atoms with Gasteiger partial charge in [0.15, 0.2) is 17.4 Å². The van der Waals surface area contributed by atoms with Crippen LogP contribution in [0.1, 0.15) is 74.5 Å². The number of aromatic amines is 1. The average molecular weight is 910 g/mol. The fraction of sp³-hybridized carbons (Fsp3) is 0.719. The first-order valence-corrected chi connectivity index (χ1v) is 28.1. The Labute approximate surface area is 343 Å². The molecule has 25 heteroatoms. The molecule has 0 aromatic carbocycles. The van der Waals surface area contributed by atoms with Crippen LogP contribution in [0.2, 0.25) is 22.2 Å². The van der Waals surface area contributed by atoms with E-state index in [1.165, 1.54) is 17.2 Å². The normalized spacial score (nSPS) is 31.8. The van der Waals surface area contributed by atoms with E-state index in [1.54, 1.807) is 12.3 Å². The van der Waals surface area contributed by atoms with Crippen LogP contribution in [0, 0.1) is 5.92 Å². The van der Waals surface area contributed by atoms with Gasteiger partial charge in [-0.2, -0.15) is 4.98 Å². The van der Waals surface area contributed by atoms with Crippen molar-refractivity contribution in [3.63, 3.8) is 0 Å². The Balaban J connectivity index is 1.43. The summed E-state index contributed by atoms with van der Waals surface area (Å²) < 4.78 is 67.1. The molecule has 1 saturated carbocycles. The van der Waals surface area contributed by atoms with Gasteiger partial charge < -0.3 is 38.0 Å². The molecule has 5 N–H and O–H groups in total. The molecule has 9 atom stereocenters. The largest absolute Gasteiger partial charge is 0.474 e. The Bertz CT molecular complexity index is 2020. The number of rotatable bonds is 11. The third-order valence-electron chi connectivity index (χ3n) is 10.7. The first kappa shape index (κ1) is 44.9. The van der Waals surface area contributed by atoms with Gasteiger partial charge in [0.05, 0.1) is 25.6 Å². The van der Waals surface area contributed by atoms with Gasteiger partial charge in [-0.1, -0.05) is 67.6 Å². The summed E-state index contributed by atoms with van der Waals surface area (Å²) in [5.74, 6) is -0.323. The summed E-state index contributed by atoms with van der Waals surface area (Å²) in [6.07, 6.45) is -1.15. The Kier molecular flexibility index (Phi) is 13.7. The minimum absolute atomic E-state index is 0.0431. The molecule has 2 bridgehead atoms. The Morgan fingerprint density at radius 1 is 1.04 bits per heavy atom. The summed E-state index contributed by atoms with van der Waals surface area (Å²) in [4.78, 5) is 56.0. The van der Waals surface area contributed by atoms with Crippen LogP contribution in [-0.4, -0.2) is 100 Å². The number of nitrogen functional groups attached to an aromatic ring is 1. The predicted molar refractivity (Wildman–Crippen MR) is 220 cm³/mol. The molecule has 0 amide bonds. The minimum Gasteiger partial charge on any atom is -0.474 e. The highest BCUT2D eigenvalue weighted by Crippen LogP contribution is 2.59. The van der Waals surface area contributed by atoms with Gasteiger partial charge in [-0.3, -0.25) is 27.9 Å². The van der Waals surface area contributed by atoms with Gasteiger partial charge in [0.1, 0.15) is 30.7 Å². The van der Waals surface area contributed by atoms with E-state index in [4.69, 9.17) is 53.7 Å². The van der Waals surface area contributed by atoms with Gasteiger partial charge in [0.25, 0.3) is 5.56 Å². The number of fused-ring (bicyclic) bond motifs is 4. The highest BCUT2D eigenvalue weighted by Gasteiger charge is 2.60. The lowest BCUT2D eigenvalue weighted by atomic mass is 10.1. The van der Waals surface area contributed by atoms with Crippen LogP contribution in [0.5, 0.6) is 5.88 Å². The Morgan fingerprint density at radius 3 is 2.37 bits per heavy atom. The number of anilines is 1. The maximum atomic E-state index is 14.1. The zero-order valence-electron chi connectivity index (χ0n) is 33.0. The number of nitrogens with zero attached hydrogens (tertiary/aromatic N) is 5. The zero-order chi connectivity index (χ0) is 41.7. The molecule has 57 heavy (non-hydrogen) atoms. The molecule has 0 spiro atoms. The van der Waals surface area contributed by atoms with Crippen molar-refractivity contribution in [1.29, 1.82) is 0 Å². The zero-order valence-corrected chi connectivity index (χ0v) is 38.5. The number of H-pyrrole nitrogens is 1. The quantitative estimate of drug-likeness (QED) is 0.0938. The lowest BCUT2D eigenvalue weighted by Crippen LogP contribution is -2.62. The number of hydrogen-bond acceptors (Lipinski definition) is 17. The first-order valence-electron chi connectivity index (χ1n) is 18.9. The number of thiol groups is 1. The van der Waals surface area contributed by atoms with Gasteiger partial charge in [-0.25, -0.2) is 19.5 Å². The first-order chi connectivity index (χ1) is 26.6. The number of imidazole rings is 1. The van der Waals surface area contributed by atoms with E-state index in [-0.39, 0.29) is 52.3 Å². The standard InChI is InChI=1S/C32H53N7O12P2S2Si2/c1-17(2)56(43,18(3)4)51-57(19(5)6,20(7)8)50-27-24-14-45-52(41,54)48-23-12-22(46-25-9-10-34-15-35-25)11-21(23)13-44-53(42,55)49-28(27)31(47-24)39-16-36-26-29(39)37-32(33)38-30(26)40/h9-10,15-24,27-28,31,43H,11-14H2,1-8H3,(H,41,54)(H,42,55)(H3,33,37,38,40)/t21-,22-,23+,24-,27-,28-,31-,52?,53?/m1/s1. The fourth-order valence-corrected chi connectivity index (χ4v) is 20.7. The van der Waals surface area contributed by atoms with Gasteiger partial charge in [-0.15, -0.1) is 0 Å². The molecule has 19 nitrogen and oxygen atoms in total. The molecule has 318 valence electrons. The summed E-state index contributed by atoms with van der Waals surface area (Å²) >= 11 is 10.1. The highest BCUT2D eigenvalue weighted by atomic mass is 32.7. The molecule has 5 heterocycles. The molecule has 2 unspecified atom stereocenters.